The van der Waals surface area contributed by atoms with Gasteiger partial charge in [-0.2, -0.15) is 0 Å². The number of rotatable bonds is 4. The number of carbonyl (C=O) groups excluding carboxylic acids is 2. The van der Waals surface area contributed by atoms with Crippen molar-refractivity contribution < 1.29 is 22.8 Å². The SMILES string of the molecule is CC(C)(C)c1ccc(NC(=O)CC(=O)Nc2ccc(F)c(F)c2F)cc1. The lowest BCUT2D eigenvalue weighted by Crippen LogP contribution is -2.22. The minimum Gasteiger partial charge on any atom is -0.326 e. The lowest BCUT2D eigenvalue weighted by Gasteiger charge is -2.19. The van der Waals surface area contributed by atoms with Gasteiger partial charge in [-0.05, 0) is 35.2 Å². The predicted octanol–water partition coefficient (Wildman–Crippen LogP) is 4.37. The third-order valence-electron chi connectivity index (χ3n) is 3.67. The second-order valence-electron chi connectivity index (χ2n) is 6.82. The summed E-state index contributed by atoms with van der Waals surface area (Å²) >= 11 is 0. The molecule has 0 saturated heterocycles. The fraction of sp³-hybridized carbons (Fsp3) is 0.263. The maximum Gasteiger partial charge on any atom is 0.233 e. The first-order chi connectivity index (χ1) is 12.1. The Kier molecular flexibility index (Phi) is 5.69. The molecule has 0 heterocycles. The average molecular weight is 364 g/mol. The number of hydrogen-bond donors (Lipinski definition) is 2. The highest BCUT2D eigenvalue weighted by Crippen LogP contribution is 2.23. The molecule has 0 aliphatic rings. The molecule has 0 spiro atoms. The molecule has 26 heavy (non-hydrogen) atoms. The van der Waals surface area contributed by atoms with Crippen LogP contribution in [0.4, 0.5) is 24.5 Å². The molecule has 0 saturated carbocycles. The quantitative estimate of drug-likeness (QED) is 0.625. The number of nitrogens with one attached hydrogen (secondary N) is 2. The molecule has 0 aliphatic heterocycles. The second-order valence-corrected chi connectivity index (χ2v) is 6.82. The zero-order chi connectivity index (χ0) is 19.5. The zero-order valence-electron chi connectivity index (χ0n) is 14.6. The molecule has 2 aromatic carbocycles. The molecule has 2 N–H and O–H groups in total. The normalized spacial score (nSPS) is 11.2. The van der Waals surface area contributed by atoms with E-state index in [0.29, 0.717) is 11.8 Å². The van der Waals surface area contributed by atoms with E-state index in [1.54, 1.807) is 12.1 Å². The van der Waals surface area contributed by atoms with Crippen LogP contribution >= 0.6 is 0 Å². The largest absolute Gasteiger partial charge is 0.326 e. The third-order valence-corrected chi connectivity index (χ3v) is 3.67. The molecule has 0 unspecified atom stereocenters. The molecule has 7 heteroatoms. The fourth-order valence-electron chi connectivity index (χ4n) is 2.22. The summed E-state index contributed by atoms with van der Waals surface area (Å²) in [7, 11) is 0. The highest BCUT2D eigenvalue weighted by atomic mass is 19.2. The molecule has 4 nitrogen and oxygen atoms in total. The molecular weight excluding hydrogens is 345 g/mol. The van der Waals surface area contributed by atoms with Gasteiger partial charge in [0.15, 0.2) is 17.5 Å². The van der Waals surface area contributed by atoms with Gasteiger partial charge in [0.05, 0.1) is 5.69 Å². The van der Waals surface area contributed by atoms with E-state index < -0.39 is 41.4 Å². The maximum atomic E-state index is 13.5. The Balaban J connectivity index is 1.95. The summed E-state index contributed by atoms with van der Waals surface area (Å²) in [6.45, 7) is 6.17. The Morgan fingerprint density at radius 3 is 2.00 bits per heavy atom. The summed E-state index contributed by atoms with van der Waals surface area (Å²) in [5.74, 6) is -6.03. The van der Waals surface area contributed by atoms with Gasteiger partial charge in [0, 0.05) is 5.69 Å². The van der Waals surface area contributed by atoms with Crippen LogP contribution < -0.4 is 10.6 Å². The van der Waals surface area contributed by atoms with Crippen LogP contribution in [0.15, 0.2) is 36.4 Å². The lowest BCUT2D eigenvalue weighted by atomic mass is 9.87. The lowest BCUT2D eigenvalue weighted by molar-refractivity contribution is -0.123. The summed E-state index contributed by atoms with van der Waals surface area (Å²) in [6.07, 6.45) is -0.598. The second kappa shape index (κ2) is 7.59. The highest BCUT2D eigenvalue weighted by Gasteiger charge is 2.17. The van der Waals surface area contributed by atoms with Crippen molar-refractivity contribution in [1.82, 2.24) is 0 Å². The van der Waals surface area contributed by atoms with Crippen molar-refractivity contribution in [2.45, 2.75) is 32.6 Å². The van der Waals surface area contributed by atoms with Gasteiger partial charge in [0.25, 0.3) is 0 Å². The zero-order valence-corrected chi connectivity index (χ0v) is 14.6. The first kappa shape index (κ1) is 19.5. The van der Waals surface area contributed by atoms with Gasteiger partial charge in [-0.15, -0.1) is 0 Å². The van der Waals surface area contributed by atoms with Gasteiger partial charge in [0.2, 0.25) is 11.8 Å². The van der Waals surface area contributed by atoms with Gasteiger partial charge < -0.3 is 10.6 Å². The Morgan fingerprint density at radius 1 is 0.846 bits per heavy atom. The minimum absolute atomic E-state index is 0.0308. The van der Waals surface area contributed by atoms with Crippen molar-refractivity contribution in [3.8, 4) is 0 Å². The minimum atomic E-state index is -1.69. The van der Waals surface area contributed by atoms with E-state index in [9.17, 15) is 22.8 Å². The number of benzene rings is 2. The summed E-state index contributed by atoms with van der Waals surface area (Å²) in [5.41, 5.74) is 1.03. The highest BCUT2D eigenvalue weighted by molar-refractivity contribution is 6.08. The van der Waals surface area contributed by atoms with Crippen LogP contribution in [0.2, 0.25) is 0 Å². The van der Waals surface area contributed by atoms with Gasteiger partial charge in [-0.25, -0.2) is 13.2 Å². The van der Waals surface area contributed by atoms with E-state index in [0.717, 1.165) is 11.6 Å². The maximum absolute atomic E-state index is 13.5. The monoisotopic (exact) mass is 364 g/mol. The topological polar surface area (TPSA) is 58.2 Å². The van der Waals surface area contributed by atoms with E-state index in [1.807, 2.05) is 17.4 Å². The Morgan fingerprint density at radius 2 is 1.42 bits per heavy atom. The molecule has 2 amide bonds. The van der Waals surface area contributed by atoms with Crippen molar-refractivity contribution in [3.05, 3.63) is 59.4 Å². The van der Waals surface area contributed by atoms with Crippen molar-refractivity contribution in [2.75, 3.05) is 10.6 Å². The Hall–Kier alpha value is -2.83. The van der Waals surface area contributed by atoms with Crippen molar-refractivity contribution >= 4 is 23.2 Å². The number of carbonyl (C=O) groups is 2. The smallest absolute Gasteiger partial charge is 0.233 e. The van der Waals surface area contributed by atoms with E-state index in [4.69, 9.17) is 0 Å². The van der Waals surface area contributed by atoms with Crippen LogP contribution in [-0.2, 0) is 15.0 Å². The molecule has 138 valence electrons. The van der Waals surface area contributed by atoms with Gasteiger partial charge in [0.1, 0.15) is 6.42 Å². The molecule has 0 aromatic heterocycles. The van der Waals surface area contributed by atoms with Crippen LogP contribution in [0.1, 0.15) is 32.8 Å². The van der Waals surface area contributed by atoms with Crippen LogP contribution in [0, 0.1) is 17.5 Å². The van der Waals surface area contributed by atoms with Crippen LogP contribution in [0.25, 0.3) is 0 Å². The van der Waals surface area contributed by atoms with E-state index in [-0.39, 0.29) is 5.41 Å². The van der Waals surface area contributed by atoms with Crippen molar-refractivity contribution in [2.24, 2.45) is 0 Å². The molecule has 0 fully saturated rings. The number of anilines is 2. The first-order valence-electron chi connectivity index (χ1n) is 7.91. The van der Waals surface area contributed by atoms with Gasteiger partial charge in [-0.1, -0.05) is 32.9 Å². The van der Waals surface area contributed by atoms with Crippen LogP contribution in [0.3, 0.4) is 0 Å². The summed E-state index contributed by atoms with van der Waals surface area (Å²) < 4.78 is 39.5. The molecule has 0 atom stereocenters. The Bertz CT molecular complexity index is 828. The summed E-state index contributed by atoms with van der Waals surface area (Å²) in [5, 5.41) is 4.59. The van der Waals surface area contributed by atoms with Crippen molar-refractivity contribution in [1.29, 1.82) is 0 Å². The van der Waals surface area contributed by atoms with Gasteiger partial charge >= 0.3 is 0 Å². The van der Waals surface area contributed by atoms with E-state index in [1.165, 1.54) is 0 Å². The van der Waals surface area contributed by atoms with E-state index >= 15 is 0 Å². The molecule has 0 bridgehead atoms. The third kappa shape index (κ3) is 4.84. The molecule has 0 aliphatic carbocycles. The number of amides is 2. The van der Waals surface area contributed by atoms with Crippen LogP contribution in [-0.4, -0.2) is 11.8 Å². The molecule has 2 rings (SSSR count). The molecular formula is C19H19F3N2O2. The summed E-state index contributed by atoms with van der Waals surface area (Å²) in [4.78, 5) is 23.7. The van der Waals surface area contributed by atoms with Gasteiger partial charge in [-0.3, -0.25) is 9.59 Å². The Labute approximate surface area is 149 Å². The van der Waals surface area contributed by atoms with Crippen molar-refractivity contribution in [3.63, 3.8) is 0 Å². The number of halogens is 3. The van der Waals surface area contributed by atoms with E-state index in [2.05, 4.69) is 26.1 Å². The first-order valence-corrected chi connectivity index (χ1v) is 7.91. The fourth-order valence-corrected chi connectivity index (χ4v) is 2.22. The summed E-state index contributed by atoms with van der Waals surface area (Å²) in [6, 6.07) is 8.73. The van der Waals surface area contributed by atoms with Crippen LogP contribution in [0.5, 0.6) is 0 Å². The average Bonchev–Trinajstić information content (AvgIpc) is 2.55. The predicted molar refractivity (Wildman–Crippen MR) is 93.3 cm³/mol. The number of hydrogen-bond acceptors (Lipinski definition) is 2. The standard InChI is InChI=1S/C19H19F3N2O2/c1-19(2,3)11-4-6-12(7-5-11)23-15(25)10-16(26)24-14-9-8-13(20)17(21)18(14)22/h4-9H,10H2,1-3H3,(H,23,25)(H,24,26). The molecule has 0 radical (unpaired) electrons. The molecule has 2 aromatic rings.